The van der Waals surface area contributed by atoms with Gasteiger partial charge in [0.25, 0.3) is 0 Å². The molecule has 0 saturated carbocycles. The van der Waals surface area contributed by atoms with Crippen molar-refractivity contribution in [2.24, 2.45) is 12.8 Å². The van der Waals surface area contributed by atoms with Crippen LogP contribution in [-0.2, 0) is 16.6 Å². The maximum absolute atomic E-state index is 13.2. The van der Waals surface area contributed by atoms with Gasteiger partial charge in [-0.05, 0) is 30.5 Å². The van der Waals surface area contributed by atoms with Gasteiger partial charge in [0.1, 0.15) is 23.8 Å². The van der Waals surface area contributed by atoms with E-state index in [4.69, 9.17) is 10.5 Å². The third-order valence-corrected chi connectivity index (χ3v) is 4.27. The van der Waals surface area contributed by atoms with E-state index in [0.29, 0.717) is 18.8 Å². The molecule has 2 heterocycles. The molecule has 0 aliphatic carbocycles. The van der Waals surface area contributed by atoms with Crippen molar-refractivity contribution in [3.8, 4) is 0 Å². The van der Waals surface area contributed by atoms with E-state index in [-0.39, 0.29) is 42.6 Å². The topological polar surface area (TPSA) is 82.2 Å². The van der Waals surface area contributed by atoms with Gasteiger partial charge in [0.05, 0.1) is 6.10 Å². The molecule has 144 valence electrons. The minimum atomic E-state index is -0.512. The third-order valence-electron chi connectivity index (χ3n) is 4.27. The zero-order chi connectivity index (χ0) is 17.1. The molecule has 1 aliphatic heterocycles. The zero-order valence-corrected chi connectivity index (χ0v) is 15.9. The third kappa shape index (κ3) is 4.94. The van der Waals surface area contributed by atoms with Gasteiger partial charge < -0.3 is 20.4 Å². The van der Waals surface area contributed by atoms with Gasteiger partial charge in [-0.2, -0.15) is 0 Å². The van der Waals surface area contributed by atoms with Gasteiger partial charge in [0.15, 0.2) is 0 Å². The predicted octanol–water partition coefficient (Wildman–Crippen LogP) is 2.11. The maximum Gasteiger partial charge on any atom is 0.249 e. The van der Waals surface area contributed by atoms with Crippen LogP contribution in [0, 0.1) is 5.82 Å². The number of nitrogens with two attached hydrogens (primary N) is 1. The van der Waals surface area contributed by atoms with E-state index in [0.717, 1.165) is 12.0 Å². The van der Waals surface area contributed by atoms with Crippen LogP contribution in [0.1, 0.15) is 30.3 Å². The Kier molecular flexibility index (Phi) is 8.49. The Morgan fingerprint density at radius 3 is 2.62 bits per heavy atom. The molecule has 1 saturated heterocycles. The van der Waals surface area contributed by atoms with Gasteiger partial charge in [-0.1, -0.05) is 12.1 Å². The fourth-order valence-electron chi connectivity index (χ4n) is 2.91. The molecule has 9 heteroatoms. The predicted molar refractivity (Wildman–Crippen MR) is 101 cm³/mol. The monoisotopic (exact) mass is 404 g/mol. The number of aromatic nitrogens is 2. The molecule has 0 radical (unpaired) electrons. The molecule has 3 rings (SSSR count). The number of aryl methyl sites for hydroxylation is 1. The first-order valence-corrected chi connectivity index (χ1v) is 7.97. The average Bonchev–Trinajstić information content (AvgIpc) is 3.22. The van der Waals surface area contributed by atoms with Gasteiger partial charge in [0, 0.05) is 26.0 Å². The lowest BCUT2D eigenvalue weighted by Crippen LogP contribution is -2.39. The highest BCUT2D eigenvalue weighted by Crippen LogP contribution is 2.24. The van der Waals surface area contributed by atoms with Crippen molar-refractivity contribution < 1.29 is 13.9 Å². The number of ether oxygens (including phenoxy) is 1. The standard InChI is InChI=1S/C17H21FN4O2.2ClH/c1-22-9-8-20-16(22)15(11-2-4-12(18)5-3-11)21-17(23)14-7-6-13(10-19)24-14;;/h2-5,8-9,13-15H,6-7,10,19H2,1H3,(H,21,23);2*1H/t13-,14+,15?;;/m1../s1. The Bertz CT molecular complexity index is 711. The molecule has 1 aliphatic rings. The first-order chi connectivity index (χ1) is 11.6. The van der Waals surface area contributed by atoms with E-state index >= 15 is 0 Å². The summed E-state index contributed by atoms with van der Waals surface area (Å²) >= 11 is 0. The van der Waals surface area contributed by atoms with Crippen LogP contribution in [0.25, 0.3) is 0 Å². The van der Waals surface area contributed by atoms with Crippen LogP contribution in [0.3, 0.4) is 0 Å². The van der Waals surface area contributed by atoms with Crippen molar-refractivity contribution in [1.29, 1.82) is 0 Å². The fraction of sp³-hybridized carbons (Fsp3) is 0.412. The number of nitrogens with one attached hydrogen (secondary N) is 1. The lowest BCUT2D eigenvalue weighted by atomic mass is 10.1. The van der Waals surface area contributed by atoms with E-state index in [1.807, 2.05) is 11.6 Å². The summed E-state index contributed by atoms with van der Waals surface area (Å²) in [5.74, 6) is 0.139. The highest BCUT2D eigenvalue weighted by Gasteiger charge is 2.32. The molecular formula is C17H23Cl2FN4O2. The molecule has 26 heavy (non-hydrogen) atoms. The summed E-state index contributed by atoms with van der Waals surface area (Å²) in [6.07, 6.45) is 4.30. The Balaban J connectivity index is 0.00000169. The molecule has 1 fully saturated rings. The molecule has 2 aromatic rings. The number of halogens is 3. The number of nitrogens with zero attached hydrogens (tertiary/aromatic N) is 2. The van der Waals surface area contributed by atoms with Crippen LogP contribution in [0.5, 0.6) is 0 Å². The number of carbonyl (C=O) groups excluding carboxylic acids is 1. The molecule has 1 amide bonds. The highest BCUT2D eigenvalue weighted by atomic mass is 35.5. The van der Waals surface area contributed by atoms with E-state index in [1.54, 1.807) is 24.5 Å². The maximum atomic E-state index is 13.2. The van der Waals surface area contributed by atoms with E-state index < -0.39 is 12.1 Å². The van der Waals surface area contributed by atoms with Crippen molar-refractivity contribution >= 4 is 30.7 Å². The molecule has 1 aromatic heterocycles. The number of amides is 1. The second-order valence-electron chi connectivity index (χ2n) is 5.95. The van der Waals surface area contributed by atoms with Crippen LogP contribution < -0.4 is 11.1 Å². The zero-order valence-electron chi connectivity index (χ0n) is 14.3. The number of imidazole rings is 1. The lowest BCUT2D eigenvalue weighted by molar-refractivity contribution is -0.132. The number of carbonyl (C=O) groups is 1. The molecule has 1 unspecified atom stereocenters. The first kappa shape index (κ1) is 22.4. The van der Waals surface area contributed by atoms with E-state index in [2.05, 4.69) is 10.3 Å². The average molecular weight is 405 g/mol. The minimum absolute atomic E-state index is 0. The van der Waals surface area contributed by atoms with Gasteiger partial charge in [-0.3, -0.25) is 4.79 Å². The summed E-state index contributed by atoms with van der Waals surface area (Å²) < 4.78 is 20.7. The summed E-state index contributed by atoms with van der Waals surface area (Å²) in [5, 5.41) is 2.97. The van der Waals surface area contributed by atoms with Crippen LogP contribution >= 0.6 is 24.8 Å². The van der Waals surface area contributed by atoms with Crippen LogP contribution in [-0.4, -0.2) is 34.2 Å². The molecule has 6 nitrogen and oxygen atoms in total. The van der Waals surface area contributed by atoms with Gasteiger partial charge in [-0.25, -0.2) is 9.37 Å². The summed E-state index contributed by atoms with van der Waals surface area (Å²) in [5.41, 5.74) is 6.35. The molecule has 1 aromatic carbocycles. The van der Waals surface area contributed by atoms with Crippen molar-refractivity contribution in [2.45, 2.75) is 31.1 Å². The molecular weight excluding hydrogens is 382 g/mol. The normalized spacial score (nSPS) is 20.0. The Hall–Kier alpha value is -1.67. The van der Waals surface area contributed by atoms with Crippen molar-refractivity contribution in [3.05, 3.63) is 53.9 Å². The Labute approximate surface area is 164 Å². The SMILES string of the molecule is Cl.Cl.Cn1ccnc1C(NC(=O)[C@@H]1CC[C@H](CN)O1)c1ccc(F)cc1. The van der Waals surface area contributed by atoms with Crippen molar-refractivity contribution in [1.82, 2.24) is 14.9 Å². The largest absolute Gasteiger partial charge is 0.364 e. The fourth-order valence-corrected chi connectivity index (χ4v) is 2.91. The van der Waals surface area contributed by atoms with Crippen LogP contribution in [0.4, 0.5) is 4.39 Å². The smallest absolute Gasteiger partial charge is 0.249 e. The van der Waals surface area contributed by atoms with Crippen molar-refractivity contribution in [3.63, 3.8) is 0 Å². The lowest BCUT2D eigenvalue weighted by Gasteiger charge is -2.21. The highest BCUT2D eigenvalue weighted by molar-refractivity contribution is 5.85. The van der Waals surface area contributed by atoms with E-state index in [1.165, 1.54) is 12.1 Å². The van der Waals surface area contributed by atoms with Gasteiger partial charge >= 0.3 is 0 Å². The molecule has 0 spiro atoms. The number of benzene rings is 1. The number of hydrogen-bond acceptors (Lipinski definition) is 4. The Morgan fingerprint density at radius 2 is 2.08 bits per heavy atom. The summed E-state index contributed by atoms with van der Waals surface area (Å²) in [6, 6.07) is 5.56. The van der Waals surface area contributed by atoms with Crippen LogP contribution in [0.15, 0.2) is 36.7 Å². The van der Waals surface area contributed by atoms with Crippen LogP contribution in [0.2, 0.25) is 0 Å². The molecule has 3 atom stereocenters. The molecule has 3 N–H and O–H groups in total. The number of hydrogen-bond donors (Lipinski definition) is 2. The van der Waals surface area contributed by atoms with Gasteiger partial charge in [-0.15, -0.1) is 24.8 Å². The second-order valence-corrected chi connectivity index (χ2v) is 5.95. The minimum Gasteiger partial charge on any atom is -0.364 e. The summed E-state index contributed by atoms with van der Waals surface area (Å²) in [6.45, 7) is 0.407. The number of rotatable bonds is 5. The van der Waals surface area contributed by atoms with E-state index in [9.17, 15) is 9.18 Å². The second kappa shape index (κ2) is 9.87. The Morgan fingerprint density at radius 1 is 1.38 bits per heavy atom. The summed E-state index contributed by atoms with van der Waals surface area (Å²) in [4.78, 5) is 16.9. The van der Waals surface area contributed by atoms with Crippen molar-refractivity contribution in [2.75, 3.05) is 6.54 Å². The molecule has 0 bridgehead atoms. The van der Waals surface area contributed by atoms with Gasteiger partial charge in [0.2, 0.25) is 5.91 Å². The summed E-state index contributed by atoms with van der Waals surface area (Å²) in [7, 11) is 1.85. The first-order valence-electron chi connectivity index (χ1n) is 7.97. The quantitative estimate of drug-likeness (QED) is 0.799.